The Morgan fingerprint density at radius 1 is 0.971 bits per heavy atom. The molecule has 0 bridgehead atoms. The van der Waals surface area contributed by atoms with E-state index in [9.17, 15) is 19.2 Å². The molecular weight excluding hydrogens is 458 g/mol. The van der Waals surface area contributed by atoms with E-state index in [1.807, 2.05) is 30.3 Å². The Kier molecular flexibility index (Phi) is 11.6. The SMILES string of the molecule is CC(=O)NC1[C@H](OCCCCC(=O)OCc2ccccc2)OC(COC(C)=O)[C@H](C)[C@@H]1OC(C)=O. The van der Waals surface area contributed by atoms with Gasteiger partial charge in [-0.05, 0) is 18.4 Å². The molecule has 1 aromatic carbocycles. The fourth-order valence-electron chi connectivity index (χ4n) is 3.75. The van der Waals surface area contributed by atoms with Crippen LogP contribution in [0.15, 0.2) is 30.3 Å². The molecule has 1 aliphatic rings. The summed E-state index contributed by atoms with van der Waals surface area (Å²) in [6.07, 6.45) is -0.986. The van der Waals surface area contributed by atoms with Crippen molar-refractivity contribution in [3.8, 4) is 0 Å². The molecule has 2 rings (SSSR count). The number of ether oxygens (including phenoxy) is 5. The summed E-state index contributed by atoms with van der Waals surface area (Å²) in [6.45, 7) is 6.11. The molecule has 1 aliphatic heterocycles. The smallest absolute Gasteiger partial charge is 0.306 e. The third-order valence-corrected chi connectivity index (χ3v) is 5.48. The second kappa shape index (κ2) is 14.4. The van der Waals surface area contributed by atoms with Gasteiger partial charge >= 0.3 is 17.9 Å². The van der Waals surface area contributed by atoms with Crippen molar-refractivity contribution in [1.29, 1.82) is 0 Å². The van der Waals surface area contributed by atoms with E-state index in [4.69, 9.17) is 23.7 Å². The summed E-state index contributed by atoms with van der Waals surface area (Å²) >= 11 is 0. The normalized spacial score (nSPS) is 23.7. The lowest BCUT2D eigenvalue weighted by molar-refractivity contribution is -0.260. The Labute approximate surface area is 205 Å². The summed E-state index contributed by atoms with van der Waals surface area (Å²) in [4.78, 5) is 46.8. The van der Waals surface area contributed by atoms with E-state index >= 15 is 0 Å². The zero-order valence-electron chi connectivity index (χ0n) is 20.7. The van der Waals surface area contributed by atoms with Gasteiger partial charge in [0.1, 0.15) is 31.5 Å². The number of carbonyl (C=O) groups excluding carboxylic acids is 4. The molecule has 1 saturated heterocycles. The third kappa shape index (κ3) is 10.0. The van der Waals surface area contributed by atoms with Crippen molar-refractivity contribution in [2.45, 2.75) is 78.1 Å². The van der Waals surface area contributed by atoms with Gasteiger partial charge in [0, 0.05) is 39.7 Å². The van der Waals surface area contributed by atoms with Gasteiger partial charge in [0.25, 0.3) is 0 Å². The minimum Gasteiger partial charge on any atom is -0.463 e. The number of unbranched alkanes of at least 4 members (excludes halogenated alkanes) is 1. The zero-order valence-corrected chi connectivity index (χ0v) is 20.7. The first-order valence-corrected chi connectivity index (χ1v) is 11.7. The highest BCUT2D eigenvalue weighted by Crippen LogP contribution is 2.30. The Balaban J connectivity index is 1.90. The van der Waals surface area contributed by atoms with Crippen LogP contribution in [0.1, 0.15) is 52.5 Å². The van der Waals surface area contributed by atoms with Crippen LogP contribution in [0.5, 0.6) is 0 Å². The molecule has 10 nitrogen and oxygen atoms in total. The number of hydrogen-bond acceptors (Lipinski definition) is 9. The minimum atomic E-state index is -0.940. The Morgan fingerprint density at radius 2 is 1.69 bits per heavy atom. The van der Waals surface area contributed by atoms with Crippen molar-refractivity contribution in [3.63, 3.8) is 0 Å². The summed E-state index contributed by atoms with van der Waals surface area (Å²) in [5.41, 5.74) is 0.919. The maximum Gasteiger partial charge on any atom is 0.306 e. The lowest BCUT2D eigenvalue weighted by Crippen LogP contribution is -2.63. The fraction of sp³-hybridized carbons (Fsp3) is 0.600. The molecular formula is C25H35NO9. The van der Waals surface area contributed by atoms with Gasteiger partial charge in [-0.3, -0.25) is 19.2 Å². The topological polar surface area (TPSA) is 126 Å². The summed E-state index contributed by atoms with van der Waals surface area (Å²) in [6, 6.07) is 8.67. The van der Waals surface area contributed by atoms with Crippen LogP contribution in [0.4, 0.5) is 0 Å². The number of amides is 1. The highest BCUT2D eigenvalue weighted by atomic mass is 16.7. The van der Waals surface area contributed by atoms with Crippen LogP contribution < -0.4 is 5.32 Å². The molecule has 1 amide bonds. The van der Waals surface area contributed by atoms with E-state index in [2.05, 4.69) is 5.32 Å². The molecule has 0 aliphatic carbocycles. The number of nitrogens with one attached hydrogen (secondary N) is 1. The second-order valence-corrected chi connectivity index (χ2v) is 8.48. The van der Waals surface area contributed by atoms with Gasteiger partial charge in [0.05, 0.1) is 0 Å². The van der Waals surface area contributed by atoms with Crippen LogP contribution in [-0.2, 0) is 49.5 Å². The molecule has 0 aromatic heterocycles. The van der Waals surface area contributed by atoms with Crippen LogP contribution in [-0.4, -0.2) is 61.6 Å². The molecule has 5 atom stereocenters. The van der Waals surface area contributed by atoms with Gasteiger partial charge in [-0.25, -0.2) is 0 Å². The average molecular weight is 494 g/mol. The van der Waals surface area contributed by atoms with Crippen LogP contribution in [0.3, 0.4) is 0 Å². The van der Waals surface area contributed by atoms with E-state index in [0.717, 1.165) is 5.56 Å². The number of hydrogen-bond donors (Lipinski definition) is 1. The molecule has 194 valence electrons. The molecule has 1 fully saturated rings. The Hall–Kier alpha value is -2.98. The van der Waals surface area contributed by atoms with Gasteiger partial charge in [-0.2, -0.15) is 0 Å². The fourth-order valence-corrected chi connectivity index (χ4v) is 3.75. The molecule has 1 aromatic rings. The van der Waals surface area contributed by atoms with E-state index in [-0.39, 0.29) is 44.0 Å². The van der Waals surface area contributed by atoms with E-state index < -0.39 is 36.5 Å². The third-order valence-electron chi connectivity index (χ3n) is 5.48. The lowest BCUT2D eigenvalue weighted by atomic mass is 9.89. The van der Waals surface area contributed by atoms with Crippen LogP contribution in [0.2, 0.25) is 0 Å². The van der Waals surface area contributed by atoms with Crippen molar-refractivity contribution < 1.29 is 42.9 Å². The molecule has 35 heavy (non-hydrogen) atoms. The predicted molar refractivity (Wildman–Crippen MR) is 124 cm³/mol. The van der Waals surface area contributed by atoms with E-state index in [1.54, 1.807) is 6.92 Å². The van der Waals surface area contributed by atoms with Crippen LogP contribution >= 0.6 is 0 Å². The quantitative estimate of drug-likeness (QED) is 0.265. The molecule has 0 saturated carbocycles. The molecule has 1 N–H and O–H groups in total. The first kappa shape index (κ1) is 28.3. The van der Waals surface area contributed by atoms with E-state index in [1.165, 1.54) is 20.8 Å². The van der Waals surface area contributed by atoms with Crippen LogP contribution in [0, 0.1) is 5.92 Å². The Morgan fingerprint density at radius 3 is 2.31 bits per heavy atom. The highest BCUT2D eigenvalue weighted by molar-refractivity contribution is 5.73. The van der Waals surface area contributed by atoms with Gasteiger partial charge in [0.15, 0.2) is 6.29 Å². The van der Waals surface area contributed by atoms with Gasteiger partial charge in [-0.15, -0.1) is 0 Å². The van der Waals surface area contributed by atoms with Crippen molar-refractivity contribution in [2.24, 2.45) is 5.92 Å². The molecule has 1 heterocycles. The van der Waals surface area contributed by atoms with Crippen molar-refractivity contribution in [1.82, 2.24) is 5.32 Å². The highest BCUT2D eigenvalue weighted by Gasteiger charge is 2.47. The zero-order chi connectivity index (χ0) is 25.8. The number of carbonyl (C=O) groups is 4. The van der Waals surface area contributed by atoms with Crippen LogP contribution in [0.25, 0.3) is 0 Å². The number of esters is 3. The Bertz CT molecular complexity index is 845. The van der Waals surface area contributed by atoms with Crippen molar-refractivity contribution in [2.75, 3.05) is 13.2 Å². The first-order valence-electron chi connectivity index (χ1n) is 11.7. The number of benzene rings is 1. The summed E-state index contributed by atoms with van der Waals surface area (Å²) in [7, 11) is 0. The lowest BCUT2D eigenvalue weighted by Gasteiger charge is -2.44. The van der Waals surface area contributed by atoms with Gasteiger partial charge < -0.3 is 29.0 Å². The monoisotopic (exact) mass is 493 g/mol. The van der Waals surface area contributed by atoms with Crippen molar-refractivity contribution in [3.05, 3.63) is 35.9 Å². The second-order valence-electron chi connectivity index (χ2n) is 8.48. The molecule has 0 spiro atoms. The van der Waals surface area contributed by atoms with Gasteiger partial charge in [0.2, 0.25) is 5.91 Å². The molecule has 0 radical (unpaired) electrons. The summed E-state index contributed by atoms with van der Waals surface area (Å²) in [5.74, 6) is -2.00. The van der Waals surface area contributed by atoms with E-state index in [0.29, 0.717) is 12.8 Å². The van der Waals surface area contributed by atoms with Crippen molar-refractivity contribution >= 4 is 23.8 Å². The standard InChI is InChI=1S/C25H35NO9/c1-16-21(15-32-18(3)28)35-25(23(26-17(2)27)24(16)34-19(4)29)31-13-9-8-12-22(30)33-14-20-10-6-5-7-11-20/h5-7,10-11,16,21,23-25H,8-9,12-15H2,1-4H3,(H,26,27)/t16-,21?,23?,24-,25+/m0/s1. The first-order chi connectivity index (χ1) is 16.7. The molecule has 10 heteroatoms. The predicted octanol–water partition coefficient (Wildman–Crippen LogP) is 2.28. The average Bonchev–Trinajstić information content (AvgIpc) is 2.80. The number of rotatable bonds is 12. The largest absolute Gasteiger partial charge is 0.463 e. The maximum atomic E-state index is 12.0. The van der Waals surface area contributed by atoms with Gasteiger partial charge in [-0.1, -0.05) is 37.3 Å². The summed E-state index contributed by atoms with van der Waals surface area (Å²) < 4.78 is 27.7. The minimum absolute atomic E-state index is 0.0474. The maximum absolute atomic E-state index is 12.0. The summed E-state index contributed by atoms with van der Waals surface area (Å²) in [5, 5.41) is 2.75. The molecule has 2 unspecified atom stereocenters.